The summed E-state index contributed by atoms with van der Waals surface area (Å²) in [6, 6.07) is 10.1. The number of benzene rings is 2. The largest absolute Gasteiger partial charge is 0.411 e. The average molecular weight is 443 g/mol. The van der Waals surface area contributed by atoms with Gasteiger partial charge in [0.1, 0.15) is 6.61 Å². The maximum atomic E-state index is 12.5. The second-order valence-electron chi connectivity index (χ2n) is 6.36. The van der Waals surface area contributed by atoms with Crippen molar-refractivity contribution in [2.75, 3.05) is 6.61 Å². The van der Waals surface area contributed by atoms with Crippen molar-refractivity contribution < 1.29 is 26.3 Å². The van der Waals surface area contributed by atoms with E-state index in [-0.39, 0.29) is 29.1 Å². The van der Waals surface area contributed by atoms with Gasteiger partial charge in [0.25, 0.3) is 0 Å². The fourth-order valence-corrected chi connectivity index (χ4v) is 3.60. The van der Waals surface area contributed by atoms with Crippen LogP contribution < -0.4 is 15.8 Å². The maximum Gasteiger partial charge on any atom is 0.411 e. The normalized spacial score (nSPS) is 12.4. The average Bonchev–Trinajstić information content (AvgIpc) is 2.67. The van der Waals surface area contributed by atoms with Gasteiger partial charge in [-0.2, -0.15) is 13.2 Å². The van der Waals surface area contributed by atoms with Gasteiger partial charge in [0, 0.05) is 6.54 Å². The summed E-state index contributed by atoms with van der Waals surface area (Å²) in [4.78, 5) is 27.3. The van der Waals surface area contributed by atoms with E-state index < -0.39 is 33.9 Å². The molecule has 2 aromatic carbocycles. The van der Waals surface area contributed by atoms with E-state index in [1.165, 1.54) is 30.3 Å². The van der Waals surface area contributed by atoms with Gasteiger partial charge in [-0.15, -0.1) is 0 Å². The third kappa shape index (κ3) is 5.55. The predicted octanol–water partition coefficient (Wildman–Crippen LogP) is 1.77. The molecule has 3 aromatic rings. The lowest BCUT2D eigenvalue weighted by atomic mass is 10.1. The quantitative estimate of drug-likeness (QED) is 0.481. The Morgan fingerprint density at radius 1 is 0.900 bits per heavy atom. The van der Waals surface area contributed by atoms with Gasteiger partial charge in [-0.1, -0.05) is 24.3 Å². The molecule has 0 aliphatic heterocycles. The SMILES string of the molecule is O=c1[nH]c2ccc(S(=O)(=O)NCc3ccc(COCC(F)(F)F)cc3)cc2[nH]c1=O. The first-order valence-electron chi connectivity index (χ1n) is 8.52. The van der Waals surface area contributed by atoms with Crippen LogP contribution in [-0.2, 0) is 27.9 Å². The molecule has 1 heterocycles. The zero-order chi connectivity index (χ0) is 21.9. The minimum atomic E-state index is -4.40. The molecule has 0 aliphatic rings. The summed E-state index contributed by atoms with van der Waals surface area (Å²) in [6.45, 7) is -1.63. The first-order valence-corrected chi connectivity index (χ1v) is 10.0. The van der Waals surface area contributed by atoms with E-state index in [0.717, 1.165) is 0 Å². The summed E-state index contributed by atoms with van der Waals surface area (Å²) >= 11 is 0. The van der Waals surface area contributed by atoms with Crippen molar-refractivity contribution in [2.24, 2.45) is 0 Å². The molecule has 3 rings (SSSR count). The van der Waals surface area contributed by atoms with Crippen LogP contribution >= 0.6 is 0 Å². The number of aromatic amines is 2. The molecule has 160 valence electrons. The van der Waals surface area contributed by atoms with Crippen molar-refractivity contribution in [2.45, 2.75) is 24.2 Å². The molecule has 0 saturated carbocycles. The number of hydrogen-bond donors (Lipinski definition) is 3. The van der Waals surface area contributed by atoms with Crippen LogP contribution in [0.4, 0.5) is 13.2 Å². The highest BCUT2D eigenvalue weighted by Gasteiger charge is 2.27. The van der Waals surface area contributed by atoms with Gasteiger partial charge >= 0.3 is 17.3 Å². The number of rotatable bonds is 7. The lowest BCUT2D eigenvalue weighted by molar-refractivity contribution is -0.176. The number of nitrogens with one attached hydrogen (secondary N) is 3. The van der Waals surface area contributed by atoms with E-state index in [1.54, 1.807) is 12.1 Å². The van der Waals surface area contributed by atoms with E-state index in [9.17, 15) is 31.2 Å². The van der Waals surface area contributed by atoms with Crippen molar-refractivity contribution in [1.29, 1.82) is 0 Å². The lowest BCUT2D eigenvalue weighted by Crippen LogP contribution is -2.29. The number of hydrogen-bond acceptors (Lipinski definition) is 5. The minimum Gasteiger partial charge on any atom is -0.367 e. The monoisotopic (exact) mass is 443 g/mol. The van der Waals surface area contributed by atoms with Crippen LogP contribution in [0.15, 0.2) is 56.9 Å². The van der Waals surface area contributed by atoms with Crippen molar-refractivity contribution >= 4 is 21.1 Å². The molecule has 3 N–H and O–H groups in total. The van der Waals surface area contributed by atoms with Crippen LogP contribution in [0, 0.1) is 0 Å². The fourth-order valence-electron chi connectivity index (χ4n) is 2.56. The highest BCUT2D eigenvalue weighted by molar-refractivity contribution is 7.89. The third-order valence-electron chi connectivity index (χ3n) is 4.03. The molecule has 0 bridgehead atoms. The Morgan fingerprint density at radius 2 is 1.50 bits per heavy atom. The van der Waals surface area contributed by atoms with Gasteiger partial charge in [-0.25, -0.2) is 13.1 Å². The van der Waals surface area contributed by atoms with Crippen LogP contribution in [0.1, 0.15) is 11.1 Å². The Kier molecular flexibility index (Phi) is 6.10. The third-order valence-corrected chi connectivity index (χ3v) is 5.43. The standard InChI is InChI=1S/C18H16F3N3O5S/c19-18(20,21)10-29-9-12-3-1-11(2-4-12)8-22-30(27,28)13-5-6-14-15(7-13)24-17(26)16(25)23-14/h1-7,22H,8-10H2,(H,23,25)(H,24,26). The van der Waals surface area contributed by atoms with Crippen LogP contribution in [0.25, 0.3) is 11.0 Å². The summed E-state index contributed by atoms with van der Waals surface area (Å²) < 4.78 is 68.2. The lowest BCUT2D eigenvalue weighted by Gasteiger charge is -2.09. The maximum absolute atomic E-state index is 12.5. The van der Waals surface area contributed by atoms with E-state index in [1.807, 2.05) is 0 Å². The van der Waals surface area contributed by atoms with Crippen molar-refractivity contribution in [3.05, 3.63) is 74.3 Å². The van der Waals surface area contributed by atoms with Gasteiger partial charge in [0.15, 0.2) is 0 Å². The zero-order valence-corrected chi connectivity index (χ0v) is 16.1. The second kappa shape index (κ2) is 8.42. The topological polar surface area (TPSA) is 121 Å². The Labute approximate surface area is 167 Å². The van der Waals surface area contributed by atoms with E-state index >= 15 is 0 Å². The number of aromatic nitrogens is 2. The molecule has 0 radical (unpaired) electrons. The number of sulfonamides is 1. The van der Waals surface area contributed by atoms with E-state index in [4.69, 9.17) is 0 Å². The second-order valence-corrected chi connectivity index (χ2v) is 8.13. The highest BCUT2D eigenvalue weighted by Crippen LogP contribution is 2.17. The van der Waals surface area contributed by atoms with Crippen LogP contribution in [0.3, 0.4) is 0 Å². The number of halogens is 3. The molecule has 0 saturated heterocycles. The van der Waals surface area contributed by atoms with Crippen molar-refractivity contribution in [3.63, 3.8) is 0 Å². The predicted molar refractivity (Wildman–Crippen MR) is 101 cm³/mol. The molecular weight excluding hydrogens is 427 g/mol. The molecule has 30 heavy (non-hydrogen) atoms. The fraction of sp³-hybridized carbons (Fsp3) is 0.222. The number of H-pyrrole nitrogens is 2. The van der Waals surface area contributed by atoms with E-state index in [2.05, 4.69) is 19.4 Å². The smallest absolute Gasteiger partial charge is 0.367 e. The Hall–Kier alpha value is -2.96. The minimum absolute atomic E-state index is 0.0633. The first kappa shape index (κ1) is 21.7. The molecule has 0 unspecified atom stereocenters. The highest BCUT2D eigenvalue weighted by atomic mass is 32.2. The van der Waals surface area contributed by atoms with Crippen LogP contribution in [0.2, 0.25) is 0 Å². The number of ether oxygens (including phenoxy) is 1. The van der Waals surface area contributed by atoms with Gasteiger partial charge in [-0.3, -0.25) is 9.59 Å². The molecule has 8 nitrogen and oxygen atoms in total. The van der Waals surface area contributed by atoms with Crippen LogP contribution in [0.5, 0.6) is 0 Å². The van der Waals surface area contributed by atoms with Gasteiger partial charge in [-0.05, 0) is 29.3 Å². The zero-order valence-electron chi connectivity index (χ0n) is 15.2. The van der Waals surface area contributed by atoms with Crippen molar-refractivity contribution in [3.8, 4) is 0 Å². The van der Waals surface area contributed by atoms with Gasteiger partial charge in [0.05, 0.1) is 22.5 Å². The molecule has 0 fully saturated rings. The summed E-state index contributed by atoms with van der Waals surface area (Å²) in [5.41, 5.74) is -0.213. The van der Waals surface area contributed by atoms with Gasteiger partial charge in [0.2, 0.25) is 10.0 Å². The first-order chi connectivity index (χ1) is 14.0. The molecule has 0 spiro atoms. The molecule has 12 heteroatoms. The van der Waals surface area contributed by atoms with Gasteiger partial charge < -0.3 is 14.7 Å². The summed E-state index contributed by atoms with van der Waals surface area (Å²) in [6.07, 6.45) is -4.40. The molecule has 1 aromatic heterocycles. The molecule has 0 atom stereocenters. The van der Waals surface area contributed by atoms with Crippen LogP contribution in [-0.4, -0.2) is 31.2 Å². The summed E-state index contributed by atoms with van der Waals surface area (Å²) in [5, 5.41) is 0. The molecule has 0 amide bonds. The summed E-state index contributed by atoms with van der Waals surface area (Å²) in [5.74, 6) is 0. The van der Waals surface area contributed by atoms with Crippen molar-refractivity contribution in [1.82, 2.24) is 14.7 Å². The molecule has 0 aliphatic carbocycles. The Balaban J connectivity index is 1.66. The summed E-state index contributed by atoms with van der Waals surface area (Å²) in [7, 11) is -3.93. The Morgan fingerprint density at radius 3 is 2.13 bits per heavy atom. The molecular formula is C18H16F3N3O5S. The Bertz CT molecular complexity index is 1270. The number of alkyl halides is 3. The van der Waals surface area contributed by atoms with E-state index in [0.29, 0.717) is 11.1 Å². The number of fused-ring (bicyclic) bond motifs is 1.